The van der Waals surface area contributed by atoms with Crippen molar-refractivity contribution >= 4 is 5.91 Å². The molecule has 1 aromatic rings. The van der Waals surface area contributed by atoms with Crippen molar-refractivity contribution in [2.24, 2.45) is 0 Å². The summed E-state index contributed by atoms with van der Waals surface area (Å²) in [6.45, 7) is 1.38. The summed E-state index contributed by atoms with van der Waals surface area (Å²) < 4.78 is 5.16. The largest absolute Gasteiger partial charge is 0.481 e. The maximum absolute atomic E-state index is 11.5. The van der Waals surface area contributed by atoms with E-state index in [0.29, 0.717) is 12.4 Å². The number of nitrogens with one attached hydrogen (secondary N) is 2. The molecule has 1 aliphatic rings. The number of nitrogens with zero attached hydrogens (tertiary/aromatic N) is 1. The van der Waals surface area contributed by atoms with Gasteiger partial charge >= 0.3 is 0 Å². The van der Waals surface area contributed by atoms with Gasteiger partial charge in [0.05, 0.1) is 13.2 Å². The smallest absolute Gasteiger partial charge is 0.237 e. The van der Waals surface area contributed by atoms with Gasteiger partial charge in [0.15, 0.2) is 0 Å². The summed E-state index contributed by atoms with van der Waals surface area (Å²) in [5, 5.41) is 6.08. The van der Waals surface area contributed by atoms with Gasteiger partial charge in [-0.15, -0.1) is 0 Å². The quantitative estimate of drug-likeness (QED) is 0.795. The van der Waals surface area contributed by atoms with Crippen molar-refractivity contribution in [2.75, 3.05) is 13.7 Å². The molecular formula is C12H17N3O2. The van der Waals surface area contributed by atoms with Gasteiger partial charge in [-0.25, -0.2) is 4.98 Å². The van der Waals surface area contributed by atoms with E-state index < -0.39 is 0 Å². The zero-order valence-electron chi connectivity index (χ0n) is 9.90. The van der Waals surface area contributed by atoms with Crippen molar-refractivity contribution in [2.45, 2.75) is 25.4 Å². The summed E-state index contributed by atoms with van der Waals surface area (Å²) in [5.74, 6) is 0.690. The van der Waals surface area contributed by atoms with E-state index in [4.69, 9.17) is 4.74 Å². The first-order valence-electron chi connectivity index (χ1n) is 5.80. The first-order chi connectivity index (χ1) is 8.31. The number of pyridine rings is 1. The second kappa shape index (κ2) is 5.63. The van der Waals surface area contributed by atoms with E-state index in [-0.39, 0.29) is 11.9 Å². The van der Waals surface area contributed by atoms with Crippen molar-refractivity contribution in [3.8, 4) is 5.88 Å². The molecule has 2 N–H and O–H groups in total. The molecule has 5 heteroatoms. The van der Waals surface area contributed by atoms with Crippen LogP contribution in [0.4, 0.5) is 0 Å². The normalized spacial score (nSPS) is 19.8. The van der Waals surface area contributed by atoms with Crippen LogP contribution in [0.1, 0.15) is 18.4 Å². The van der Waals surface area contributed by atoms with Crippen molar-refractivity contribution in [1.82, 2.24) is 15.6 Å². The summed E-state index contributed by atoms with van der Waals surface area (Å²) in [7, 11) is 1.60. The average Bonchev–Trinajstić information content (AvgIpc) is 2.38. The summed E-state index contributed by atoms with van der Waals surface area (Å²) >= 11 is 0. The molecule has 0 saturated carbocycles. The highest BCUT2D eigenvalue weighted by Gasteiger charge is 2.21. The molecule has 1 unspecified atom stereocenters. The van der Waals surface area contributed by atoms with Crippen LogP contribution in [0, 0.1) is 0 Å². The lowest BCUT2D eigenvalue weighted by molar-refractivity contribution is -0.124. The number of methoxy groups -OCH3 is 1. The van der Waals surface area contributed by atoms with E-state index in [9.17, 15) is 4.79 Å². The Bertz CT molecular complexity index is 395. The average molecular weight is 235 g/mol. The molecule has 0 aromatic carbocycles. The van der Waals surface area contributed by atoms with E-state index in [1.165, 1.54) is 0 Å². The molecule has 1 amide bonds. The van der Waals surface area contributed by atoms with Crippen molar-refractivity contribution < 1.29 is 9.53 Å². The molecule has 2 rings (SSSR count). The number of piperidine rings is 1. The molecule has 2 heterocycles. The van der Waals surface area contributed by atoms with Gasteiger partial charge in [0.25, 0.3) is 0 Å². The van der Waals surface area contributed by atoms with Crippen LogP contribution in [0.25, 0.3) is 0 Å². The molecule has 92 valence electrons. The molecule has 0 radical (unpaired) electrons. The van der Waals surface area contributed by atoms with Crippen LogP contribution >= 0.6 is 0 Å². The zero-order valence-corrected chi connectivity index (χ0v) is 9.90. The number of aromatic nitrogens is 1. The Hall–Kier alpha value is -1.62. The Morgan fingerprint density at radius 1 is 1.65 bits per heavy atom. The third-order valence-corrected chi connectivity index (χ3v) is 2.87. The molecule has 1 fully saturated rings. The number of hydrogen-bond donors (Lipinski definition) is 2. The Morgan fingerprint density at radius 3 is 3.29 bits per heavy atom. The van der Waals surface area contributed by atoms with Crippen LogP contribution < -0.4 is 15.4 Å². The molecule has 5 nitrogen and oxygen atoms in total. The SMILES string of the molecule is COc1ncccc1CNC1CCCNC1=O. The highest BCUT2D eigenvalue weighted by molar-refractivity contribution is 5.82. The molecule has 0 aliphatic carbocycles. The summed E-state index contributed by atoms with van der Waals surface area (Å²) in [5.41, 5.74) is 0.966. The minimum Gasteiger partial charge on any atom is -0.481 e. The zero-order chi connectivity index (χ0) is 12.1. The number of rotatable bonds is 4. The second-order valence-electron chi connectivity index (χ2n) is 4.04. The van der Waals surface area contributed by atoms with Crippen LogP contribution in [-0.4, -0.2) is 30.6 Å². The first-order valence-corrected chi connectivity index (χ1v) is 5.80. The summed E-state index contributed by atoms with van der Waals surface area (Å²) in [6.07, 6.45) is 3.59. The van der Waals surface area contributed by atoms with Crippen LogP contribution in [0.2, 0.25) is 0 Å². The number of ether oxygens (including phenoxy) is 1. The maximum Gasteiger partial charge on any atom is 0.237 e. The molecule has 1 aliphatic heterocycles. The van der Waals surface area contributed by atoms with Crippen LogP contribution in [0.3, 0.4) is 0 Å². The lowest BCUT2D eigenvalue weighted by atomic mass is 10.1. The van der Waals surface area contributed by atoms with E-state index in [1.807, 2.05) is 12.1 Å². The molecule has 0 spiro atoms. The van der Waals surface area contributed by atoms with Crippen molar-refractivity contribution in [3.05, 3.63) is 23.9 Å². The summed E-state index contributed by atoms with van der Waals surface area (Å²) in [4.78, 5) is 15.7. The minimum absolute atomic E-state index is 0.0825. The number of amides is 1. The third-order valence-electron chi connectivity index (χ3n) is 2.87. The van der Waals surface area contributed by atoms with E-state index >= 15 is 0 Å². The lowest BCUT2D eigenvalue weighted by Gasteiger charge is -2.23. The maximum atomic E-state index is 11.5. The van der Waals surface area contributed by atoms with Crippen molar-refractivity contribution in [3.63, 3.8) is 0 Å². The number of hydrogen-bond acceptors (Lipinski definition) is 4. The van der Waals surface area contributed by atoms with Crippen molar-refractivity contribution in [1.29, 1.82) is 0 Å². The Balaban J connectivity index is 1.94. The molecule has 1 saturated heterocycles. The highest BCUT2D eigenvalue weighted by Crippen LogP contribution is 2.14. The highest BCUT2D eigenvalue weighted by atomic mass is 16.5. The van der Waals surface area contributed by atoms with Gasteiger partial charge in [-0.1, -0.05) is 6.07 Å². The van der Waals surface area contributed by atoms with Gasteiger partial charge in [-0.3, -0.25) is 4.79 Å². The Labute approximate surface area is 101 Å². The molecule has 17 heavy (non-hydrogen) atoms. The third kappa shape index (κ3) is 2.94. The predicted molar refractivity (Wildman–Crippen MR) is 63.7 cm³/mol. The standard InChI is InChI=1S/C12H17N3O2/c1-17-12-9(4-2-7-14-12)8-15-10-5-3-6-13-11(10)16/h2,4,7,10,15H,3,5-6,8H2,1H3,(H,13,16). The van der Waals surface area contributed by atoms with E-state index in [0.717, 1.165) is 24.9 Å². The van der Waals surface area contributed by atoms with Gasteiger partial charge in [0.2, 0.25) is 11.8 Å². The van der Waals surface area contributed by atoms with Gasteiger partial charge in [0.1, 0.15) is 0 Å². The predicted octanol–water partition coefficient (Wildman–Crippen LogP) is 0.458. The molecular weight excluding hydrogens is 218 g/mol. The first kappa shape index (κ1) is 11.9. The van der Waals surface area contributed by atoms with Crippen LogP contribution in [0.15, 0.2) is 18.3 Å². The van der Waals surface area contributed by atoms with Gasteiger partial charge in [-0.05, 0) is 18.9 Å². The Kier molecular flexibility index (Phi) is 3.93. The fraction of sp³-hybridized carbons (Fsp3) is 0.500. The fourth-order valence-electron chi connectivity index (χ4n) is 1.94. The van der Waals surface area contributed by atoms with Crippen LogP contribution in [-0.2, 0) is 11.3 Å². The van der Waals surface area contributed by atoms with Crippen LogP contribution in [0.5, 0.6) is 5.88 Å². The van der Waals surface area contributed by atoms with Gasteiger partial charge in [0, 0.05) is 24.8 Å². The van der Waals surface area contributed by atoms with E-state index in [1.54, 1.807) is 13.3 Å². The molecule has 1 atom stereocenters. The Morgan fingerprint density at radius 2 is 2.53 bits per heavy atom. The second-order valence-corrected chi connectivity index (χ2v) is 4.04. The monoisotopic (exact) mass is 235 g/mol. The van der Waals surface area contributed by atoms with Gasteiger partial charge < -0.3 is 15.4 Å². The number of carbonyl (C=O) groups excluding carboxylic acids is 1. The molecule has 1 aromatic heterocycles. The van der Waals surface area contributed by atoms with E-state index in [2.05, 4.69) is 15.6 Å². The van der Waals surface area contributed by atoms with Gasteiger partial charge in [-0.2, -0.15) is 0 Å². The molecule has 0 bridgehead atoms. The topological polar surface area (TPSA) is 63.2 Å². The fourth-order valence-corrected chi connectivity index (χ4v) is 1.94. The summed E-state index contributed by atoms with van der Waals surface area (Å²) in [6, 6.07) is 3.70. The number of carbonyl (C=O) groups is 1. The lowest BCUT2D eigenvalue weighted by Crippen LogP contribution is -2.47. The minimum atomic E-state index is -0.103.